The van der Waals surface area contributed by atoms with Crippen LogP contribution in [0.4, 0.5) is 5.69 Å². The molecule has 5 nitrogen and oxygen atoms in total. The number of carbonyl (C=O) groups excluding carboxylic acids is 2. The number of nitrogens with one attached hydrogen (secondary N) is 2. The summed E-state index contributed by atoms with van der Waals surface area (Å²) < 4.78 is 0. The fourth-order valence-electron chi connectivity index (χ4n) is 2.67. The van der Waals surface area contributed by atoms with Crippen LogP contribution in [0.15, 0.2) is 60.0 Å². The highest BCUT2D eigenvalue weighted by atomic mass is 32.1. The van der Waals surface area contributed by atoms with Gasteiger partial charge in [0.2, 0.25) is 11.8 Å². The number of benzene rings is 2. The van der Waals surface area contributed by atoms with Crippen LogP contribution in [0.1, 0.15) is 18.2 Å². The molecule has 1 heterocycles. The fraction of sp³-hybridized carbons (Fsp3) is 0.190. The van der Waals surface area contributed by atoms with Crippen LogP contribution in [-0.4, -0.2) is 23.3 Å². The Morgan fingerprint density at radius 3 is 2.67 bits per heavy atom. The third-order valence-electron chi connectivity index (χ3n) is 3.90. The van der Waals surface area contributed by atoms with Crippen molar-refractivity contribution in [2.24, 2.45) is 0 Å². The van der Waals surface area contributed by atoms with Crippen LogP contribution in [0, 0.1) is 0 Å². The second-order valence-electron chi connectivity index (χ2n) is 6.17. The van der Waals surface area contributed by atoms with E-state index in [1.54, 1.807) is 0 Å². The minimum absolute atomic E-state index is 0.0326. The average Bonchev–Trinajstić information content (AvgIpc) is 3.11. The first-order chi connectivity index (χ1) is 13.1. The highest BCUT2D eigenvalue weighted by Gasteiger charge is 2.09. The van der Waals surface area contributed by atoms with Gasteiger partial charge in [-0.15, -0.1) is 11.3 Å². The fourth-order valence-corrected chi connectivity index (χ4v) is 3.49. The van der Waals surface area contributed by atoms with Gasteiger partial charge >= 0.3 is 0 Å². The van der Waals surface area contributed by atoms with Gasteiger partial charge in [0, 0.05) is 30.1 Å². The van der Waals surface area contributed by atoms with E-state index in [1.165, 1.54) is 23.8 Å². The van der Waals surface area contributed by atoms with Gasteiger partial charge in [-0.1, -0.05) is 42.5 Å². The molecule has 0 fully saturated rings. The third kappa shape index (κ3) is 5.76. The van der Waals surface area contributed by atoms with Crippen LogP contribution >= 0.6 is 11.3 Å². The molecule has 2 amide bonds. The van der Waals surface area contributed by atoms with E-state index in [-0.39, 0.29) is 18.2 Å². The van der Waals surface area contributed by atoms with Crippen molar-refractivity contribution in [2.45, 2.75) is 19.8 Å². The van der Waals surface area contributed by atoms with E-state index in [0.717, 1.165) is 28.4 Å². The normalized spacial score (nSPS) is 10.4. The molecule has 0 saturated heterocycles. The van der Waals surface area contributed by atoms with Gasteiger partial charge < -0.3 is 10.6 Å². The van der Waals surface area contributed by atoms with E-state index in [4.69, 9.17) is 0 Å². The Hall–Kier alpha value is -2.99. The van der Waals surface area contributed by atoms with E-state index in [2.05, 4.69) is 15.6 Å². The van der Waals surface area contributed by atoms with Gasteiger partial charge in [0.05, 0.1) is 12.1 Å². The number of carbonyl (C=O) groups is 2. The van der Waals surface area contributed by atoms with Gasteiger partial charge in [0.15, 0.2) is 0 Å². The minimum Gasteiger partial charge on any atom is -0.355 e. The number of anilines is 1. The Morgan fingerprint density at radius 2 is 1.89 bits per heavy atom. The lowest BCUT2D eigenvalue weighted by molar-refractivity contribution is -0.120. The van der Waals surface area contributed by atoms with Crippen LogP contribution in [0.3, 0.4) is 0 Å². The molecule has 0 aliphatic rings. The molecule has 2 N–H and O–H groups in total. The molecule has 27 heavy (non-hydrogen) atoms. The Labute approximate surface area is 162 Å². The van der Waals surface area contributed by atoms with Gasteiger partial charge in [0.1, 0.15) is 5.01 Å². The number of thiazole rings is 1. The van der Waals surface area contributed by atoms with Crippen molar-refractivity contribution in [3.05, 3.63) is 71.2 Å². The quantitative estimate of drug-likeness (QED) is 0.658. The number of amides is 2. The van der Waals surface area contributed by atoms with Crippen molar-refractivity contribution in [3.8, 4) is 10.6 Å². The zero-order chi connectivity index (χ0) is 19.1. The van der Waals surface area contributed by atoms with Crippen molar-refractivity contribution in [2.75, 3.05) is 11.9 Å². The summed E-state index contributed by atoms with van der Waals surface area (Å²) in [5.74, 6) is -0.145. The smallest absolute Gasteiger partial charge is 0.226 e. The first-order valence-corrected chi connectivity index (χ1v) is 9.61. The lowest BCUT2D eigenvalue weighted by Crippen LogP contribution is -2.27. The van der Waals surface area contributed by atoms with Crippen LogP contribution < -0.4 is 10.6 Å². The molecule has 0 radical (unpaired) electrons. The Morgan fingerprint density at radius 1 is 1.07 bits per heavy atom. The lowest BCUT2D eigenvalue weighted by Gasteiger charge is -2.04. The Balaban J connectivity index is 1.54. The maximum atomic E-state index is 12.1. The maximum Gasteiger partial charge on any atom is 0.226 e. The van der Waals surface area contributed by atoms with Gasteiger partial charge in [-0.25, -0.2) is 4.98 Å². The Kier molecular flexibility index (Phi) is 6.33. The van der Waals surface area contributed by atoms with Crippen molar-refractivity contribution in [1.29, 1.82) is 0 Å². The van der Waals surface area contributed by atoms with E-state index < -0.39 is 0 Å². The molecule has 0 saturated carbocycles. The molecular formula is C21H21N3O2S. The van der Waals surface area contributed by atoms with Gasteiger partial charge in [-0.2, -0.15) is 0 Å². The van der Waals surface area contributed by atoms with Crippen molar-refractivity contribution >= 4 is 28.8 Å². The summed E-state index contributed by atoms with van der Waals surface area (Å²) in [5.41, 5.74) is 3.60. The first-order valence-electron chi connectivity index (χ1n) is 8.73. The van der Waals surface area contributed by atoms with Gasteiger partial charge in [-0.3, -0.25) is 9.59 Å². The summed E-state index contributed by atoms with van der Waals surface area (Å²) in [6.07, 6.45) is 1.07. The summed E-state index contributed by atoms with van der Waals surface area (Å²) >= 11 is 1.49. The van der Waals surface area contributed by atoms with Crippen LogP contribution in [0.2, 0.25) is 0 Å². The molecule has 1 aromatic heterocycles. The largest absolute Gasteiger partial charge is 0.355 e. The minimum atomic E-state index is -0.112. The monoisotopic (exact) mass is 379 g/mol. The lowest BCUT2D eigenvalue weighted by atomic mass is 10.1. The second-order valence-corrected chi connectivity index (χ2v) is 7.03. The SMILES string of the molecule is CC(=O)Nc1cccc(-c2nc(CC(=O)NCCc3ccccc3)cs2)c1. The topological polar surface area (TPSA) is 71.1 Å². The van der Waals surface area contributed by atoms with Crippen LogP contribution in [-0.2, 0) is 22.4 Å². The predicted octanol–water partition coefficient (Wildman–Crippen LogP) is 3.67. The highest BCUT2D eigenvalue weighted by Crippen LogP contribution is 2.26. The molecule has 0 spiro atoms. The number of nitrogens with zero attached hydrogens (tertiary/aromatic N) is 1. The molecular weight excluding hydrogens is 358 g/mol. The standard InChI is InChI=1S/C21H21N3O2S/c1-15(25)23-18-9-5-8-17(12-18)21-24-19(14-27-21)13-20(26)22-11-10-16-6-3-2-4-7-16/h2-9,12,14H,10-11,13H2,1H3,(H,22,26)(H,23,25). The van der Waals surface area contributed by atoms with E-state index in [1.807, 2.05) is 60.0 Å². The third-order valence-corrected chi connectivity index (χ3v) is 4.84. The zero-order valence-electron chi connectivity index (χ0n) is 15.1. The van der Waals surface area contributed by atoms with Crippen molar-refractivity contribution < 1.29 is 9.59 Å². The van der Waals surface area contributed by atoms with Crippen LogP contribution in [0.5, 0.6) is 0 Å². The van der Waals surface area contributed by atoms with Crippen molar-refractivity contribution in [1.82, 2.24) is 10.3 Å². The van der Waals surface area contributed by atoms with Crippen LogP contribution in [0.25, 0.3) is 10.6 Å². The molecule has 0 aliphatic heterocycles. The molecule has 3 rings (SSSR count). The molecule has 138 valence electrons. The maximum absolute atomic E-state index is 12.1. The summed E-state index contributed by atoms with van der Waals surface area (Å²) in [5, 5.41) is 8.43. The first kappa shape index (κ1) is 18.8. The number of hydrogen-bond donors (Lipinski definition) is 2. The second kappa shape index (κ2) is 9.09. The predicted molar refractivity (Wildman–Crippen MR) is 109 cm³/mol. The number of hydrogen-bond acceptors (Lipinski definition) is 4. The van der Waals surface area contributed by atoms with Gasteiger partial charge in [0.25, 0.3) is 0 Å². The average molecular weight is 379 g/mol. The van der Waals surface area contributed by atoms with Gasteiger partial charge in [-0.05, 0) is 24.1 Å². The summed E-state index contributed by atoms with van der Waals surface area (Å²) in [4.78, 5) is 27.9. The number of rotatable bonds is 7. The molecule has 6 heteroatoms. The molecule has 2 aromatic carbocycles. The van der Waals surface area contributed by atoms with E-state index in [0.29, 0.717) is 6.54 Å². The van der Waals surface area contributed by atoms with E-state index >= 15 is 0 Å². The summed E-state index contributed by atoms with van der Waals surface area (Å²) in [6, 6.07) is 17.6. The zero-order valence-corrected chi connectivity index (χ0v) is 15.9. The van der Waals surface area contributed by atoms with E-state index in [9.17, 15) is 9.59 Å². The molecule has 0 unspecified atom stereocenters. The molecule has 0 bridgehead atoms. The molecule has 3 aromatic rings. The Bertz CT molecular complexity index is 922. The molecule has 0 aliphatic carbocycles. The summed E-state index contributed by atoms with van der Waals surface area (Å²) in [6.45, 7) is 2.09. The summed E-state index contributed by atoms with van der Waals surface area (Å²) in [7, 11) is 0. The number of aromatic nitrogens is 1. The molecule has 0 atom stereocenters. The highest BCUT2D eigenvalue weighted by molar-refractivity contribution is 7.13. The van der Waals surface area contributed by atoms with Crippen molar-refractivity contribution in [3.63, 3.8) is 0 Å².